The number of halogens is 2. The van der Waals surface area contributed by atoms with Crippen molar-refractivity contribution in [2.45, 2.75) is 0 Å². The third-order valence-electron chi connectivity index (χ3n) is 1.62. The number of hydrogen-bond acceptors (Lipinski definition) is 4. The molecule has 0 saturated heterocycles. The number of esters is 2. The zero-order chi connectivity index (χ0) is 12.8. The first-order valence-corrected chi connectivity index (χ1v) is 5.23. The SMILES string of the molecule is C=CC(=O)OC(=O)COc1ccc(Cl)cc1Cl.[Zn]. The van der Waals surface area contributed by atoms with Gasteiger partial charge in [-0.3, -0.25) is 0 Å². The minimum absolute atomic E-state index is 0. The molecule has 18 heavy (non-hydrogen) atoms. The van der Waals surface area contributed by atoms with Crippen LogP contribution in [0.4, 0.5) is 0 Å². The van der Waals surface area contributed by atoms with Gasteiger partial charge in [-0.15, -0.1) is 0 Å². The minimum atomic E-state index is -0.833. The Morgan fingerprint density at radius 1 is 1.33 bits per heavy atom. The topological polar surface area (TPSA) is 52.6 Å². The Bertz CT molecular complexity index is 462. The smallest absolute Gasteiger partial charge is 0.352 e. The van der Waals surface area contributed by atoms with E-state index in [1.54, 1.807) is 6.07 Å². The molecular weight excluding hydrogens is 332 g/mol. The van der Waals surface area contributed by atoms with Crippen LogP contribution in [-0.4, -0.2) is 18.5 Å². The van der Waals surface area contributed by atoms with Crippen LogP contribution in [0.3, 0.4) is 0 Å². The fraction of sp³-hybridized carbons (Fsp3) is 0.0909. The van der Waals surface area contributed by atoms with Crippen LogP contribution in [0.25, 0.3) is 0 Å². The predicted molar refractivity (Wildman–Crippen MR) is 63.3 cm³/mol. The summed E-state index contributed by atoms with van der Waals surface area (Å²) in [5.41, 5.74) is 0. The summed E-state index contributed by atoms with van der Waals surface area (Å²) in [6, 6.07) is 4.54. The van der Waals surface area contributed by atoms with Gasteiger partial charge in [0, 0.05) is 30.6 Å². The van der Waals surface area contributed by atoms with Gasteiger partial charge in [-0.1, -0.05) is 29.8 Å². The van der Waals surface area contributed by atoms with E-state index in [-0.39, 0.29) is 30.3 Å². The summed E-state index contributed by atoms with van der Waals surface area (Å²) in [7, 11) is 0. The van der Waals surface area contributed by atoms with E-state index in [0.717, 1.165) is 6.08 Å². The van der Waals surface area contributed by atoms with Crippen molar-refractivity contribution in [3.8, 4) is 5.75 Å². The van der Waals surface area contributed by atoms with Crippen LogP contribution in [-0.2, 0) is 33.8 Å². The summed E-state index contributed by atoms with van der Waals surface area (Å²) in [6.45, 7) is 2.72. The van der Waals surface area contributed by atoms with E-state index < -0.39 is 18.5 Å². The Kier molecular flexibility index (Phi) is 7.84. The van der Waals surface area contributed by atoms with E-state index in [1.807, 2.05) is 0 Å². The van der Waals surface area contributed by atoms with Gasteiger partial charge in [-0.2, -0.15) is 0 Å². The molecule has 92 valence electrons. The van der Waals surface area contributed by atoms with Crippen molar-refractivity contribution in [1.82, 2.24) is 0 Å². The van der Waals surface area contributed by atoms with E-state index in [4.69, 9.17) is 27.9 Å². The average Bonchev–Trinajstić information content (AvgIpc) is 2.27. The van der Waals surface area contributed by atoms with E-state index in [0.29, 0.717) is 5.02 Å². The van der Waals surface area contributed by atoms with Crippen molar-refractivity contribution >= 4 is 35.1 Å². The molecule has 7 heteroatoms. The van der Waals surface area contributed by atoms with Gasteiger partial charge in [0.25, 0.3) is 0 Å². The maximum absolute atomic E-state index is 11.1. The quantitative estimate of drug-likeness (QED) is 0.366. The maximum atomic E-state index is 11.1. The number of carbonyl (C=O) groups is 2. The second kappa shape index (κ2) is 8.25. The van der Waals surface area contributed by atoms with E-state index in [1.165, 1.54) is 12.1 Å². The molecule has 4 nitrogen and oxygen atoms in total. The maximum Gasteiger partial charge on any atom is 0.352 e. The monoisotopic (exact) mass is 338 g/mol. The first-order chi connectivity index (χ1) is 8.02. The Balaban J connectivity index is 0.00000289. The first-order valence-electron chi connectivity index (χ1n) is 4.48. The Morgan fingerprint density at radius 2 is 2.00 bits per heavy atom. The largest absolute Gasteiger partial charge is 0.480 e. The van der Waals surface area contributed by atoms with E-state index in [2.05, 4.69) is 11.3 Å². The van der Waals surface area contributed by atoms with Gasteiger partial charge in [0.05, 0.1) is 5.02 Å². The van der Waals surface area contributed by atoms with Crippen LogP contribution < -0.4 is 4.74 Å². The van der Waals surface area contributed by atoms with Crippen molar-refractivity contribution in [2.24, 2.45) is 0 Å². The number of rotatable bonds is 4. The zero-order valence-electron chi connectivity index (χ0n) is 9.32. The van der Waals surface area contributed by atoms with Crippen molar-refractivity contribution in [1.29, 1.82) is 0 Å². The molecule has 0 aliphatic carbocycles. The van der Waals surface area contributed by atoms with Crippen LogP contribution in [0, 0.1) is 0 Å². The molecule has 0 radical (unpaired) electrons. The summed E-state index contributed by atoms with van der Waals surface area (Å²) >= 11 is 11.5. The molecule has 0 spiro atoms. The second-order valence-corrected chi connectivity index (χ2v) is 3.70. The van der Waals surface area contributed by atoms with Crippen LogP contribution in [0.5, 0.6) is 5.75 Å². The van der Waals surface area contributed by atoms with E-state index >= 15 is 0 Å². The fourth-order valence-corrected chi connectivity index (χ4v) is 1.38. The molecule has 1 aromatic rings. The molecule has 1 rings (SSSR count). The number of ether oxygens (including phenoxy) is 2. The van der Waals surface area contributed by atoms with Crippen LogP contribution in [0.15, 0.2) is 30.9 Å². The summed E-state index contributed by atoms with van der Waals surface area (Å²) < 4.78 is 9.34. The molecule has 1 aromatic carbocycles. The van der Waals surface area contributed by atoms with Gasteiger partial charge in [-0.05, 0) is 18.2 Å². The van der Waals surface area contributed by atoms with Gasteiger partial charge in [0.15, 0.2) is 6.61 Å². The third kappa shape index (κ3) is 5.63. The molecule has 0 saturated carbocycles. The molecule has 0 heterocycles. The third-order valence-corrected chi connectivity index (χ3v) is 2.15. The van der Waals surface area contributed by atoms with Crippen LogP contribution >= 0.6 is 23.2 Å². The zero-order valence-corrected chi connectivity index (χ0v) is 13.8. The van der Waals surface area contributed by atoms with Gasteiger partial charge in [0.1, 0.15) is 5.75 Å². The molecule has 0 aromatic heterocycles. The van der Waals surface area contributed by atoms with Crippen LogP contribution in [0.1, 0.15) is 0 Å². The normalized spacial score (nSPS) is 9.00. The van der Waals surface area contributed by atoms with Gasteiger partial charge >= 0.3 is 11.9 Å². The second-order valence-electron chi connectivity index (χ2n) is 2.86. The first kappa shape index (κ1) is 17.1. The van der Waals surface area contributed by atoms with Crippen molar-refractivity contribution in [2.75, 3.05) is 6.61 Å². The Morgan fingerprint density at radius 3 is 2.56 bits per heavy atom. The number of carbonyl (C=O) groups excluding carboxylic acids is 2. The minimum Gasteiger partial charge on any atom is -0.480 e. The summed E-state index contributed by atoms with van der Waals surface area (Å²) in [6.07, 6.45) is 0.882. The molecule has 0 fully saturated rings. The van der Waals surface area contributed by atoms with Crippen molar-refractivity contribution < 1.29 is 38.5 Å². The Hall–Kier alpha value is -0.897. The molecule has 0 aliphatic heterocycles. The van der Waals surface area contributed by atoms with Gasteiger partial charge in [0.2, 0.25) is 0 Å². The molecular formula is C11H8Cl2O4Zn. The average molecular weight is 340 g/mol. The van der Waals surface area contributed by atoms with Crippen LogP contribution in [0.2, 0.25) is 10.0 Å². The standard InChI is InChI=1S/C11H8Cl2O4.Zn/c1-2-10(14)17-11(15)6-16-9-4-3-7(12)5-8(9)13;/h2-5H,1,6H2;. The molecule has 0 N–H and O–H groups in total. The number of benzene rings is 1. The van der Waals surface area contributed by atoms with Gasteiger partial charge < -0.3 is 9.47 Å². The summed E-state index contributed by atoms with van der Waals surface area (Å²) in [5, 5.41) is 0.715. The van der Waals surface area contributed by atoms with Gasteiger partial charge in [-0.25, -0.2) is 9.59 Å². The molecule has 0 amide bonds. The molecule has 0 aliphatic rings. The molecule has 0 bridgehead atoms. The molecule has 0 unspecified atom stereocenters. The molecule has 0 atom stereocenters. The Labute approximate surface area is 127 Å². The number of hydrogen-bond donors (Lipinski definition) is 0. The summed E-state index contributed by atoms with van der Waals surface area (Å²) in [5.74, 6) is -1.39. The van der Waals surface area contributed by atoms with Crippen molar-refractivity contribution in [3.63, 3.8) is 0 Å². The summed E-state index contributed by atoms with van der Waals surface area (Å²) in [4.78, 5) is 21.8. The predicted octanol–water partition coefficient (Wildman–Crippen LogP) is 2.63. The fourth-order valence-electron chi connectivity index (χ4n) is 0.912. The van der Waals surface area contributed by atoms with Crippen molar-refractivity contribution in [3.05, 3.63) is 40.9 Å². The van der Waals surface area contributed by atoms with E-state index in [9.17, 15) is 9.59 Å².